The molecule has 0 spiro atoms. The molecule has 15 heteroatoms. The van der Waals surface area contributed by atoms with E-state index in [1.54, 1.807) is 42.5 Å². The standard InChI is InChI=1S/C25H24Cl3N5O5S2/c1-15-10-12-18(13-11-15)40(36,37)33-32-22(35)19-8-3-4-9-20(19)29-24(39)31-23(25(26,27)28)30-21(34)16-6-5-7-17(14-16)38-2/h3-14,23,33H,1-2H3,(H,30,34)(H,32,35)(H2,29,31,39). The molecular formula is C25H24Cl3N5O5S2. The Morgan fingerprint density at radius 2 is 1.60 bits per heavy atom. The monoisotopic (exact) mass is 643 g/mol. The van der Waals surface area contributed by atoms with Gasteiger partial charge in [0, 0.05) is 5.56 Å². The van der Waals surface area contributed by atoms with E-state index in [1.807, 2.05) is 6.92 Å². The van der Waals surface area contributed by atoms with Crippen molar-refractivity contribution in [3.8, 4) is 5.75 Å². The Labute approximate surface area is 251 Å². The van der Waals surface area contributed by atoms with Crippen LogP contribution in [-0.4, -0.2) is 42.4 Å². The van der Waals surface area contributed by atoms with Gasteiger partial charge in [0.15, 0.2) is 5.11 Å². The van der Waals surface area contributed by atoms with E-state index in [0.29, 0.717) is 5.75 Å². The van der Waals surface area contributed by atoms with Gasteiger partial charge in [0.2, 0.25) is 3.79 Å². The van der Waals surface area contributed by atoms with E-state index in [-0.39, 0.29) is 26.8 Å². The number of amides is 2. The lowest BCUT2D eigenvalue weighted by molar-refractivity contribution is 0.0930. The number of anilines is 1. The molecule has 3 rings (SSSR count). The van der Waals surface area contributed by atoms with Crippen molar-refractivity contribution in [3.63, 3.8) is 0 Å². The first-order chi connectivity index (χ1) is 18.8. The number of carbonyl (C=O) groups excluding carboxylic acids is 2. The lowest BCUT2D eigenvalue weighted by Gasteiger charge is -2.28. The number of carbonyl (C=O) groups is 2. The minimum absolute atomic E-state index is 0.0241. The summed E-state index contributed by atoms with van der Waals surface area (Å²) in [4.78, 5) is 27.6. The molecule has 3 aromatic carbocycles. The van der Waals surface area contributed by atoms with E-state index in [1.165, 1.54) is 37.4 Å². The van der Waals surface area contributed by atoms with Crippen molar-refractivity contribution in [2.75, 3.05) is 12.4 Å². The largest absolute Gasteiger partial charge is 0.497 e. The van der Waals surface area contributed by atoms with Crippen LogP contribution in [0.15, 0.2) is 77.7 Å². The van der Waals surface area contributed by atoms with Crippen molar-refractivity contribution in [1.29, 1.82) is 0 Å². The van der Waals surface area contributed by atoms with Crippen LogP contribution in [0.1, 0.15) is 26.3 Å². The van der Waals surface area contributed by atoms with Gasteiger partial charge in [-0.05, 0) is 61.6 Å². The number of hydrogen-bond acceptors (Lipinski definition) is 6. The average Bonchev–Trinajstić information content (AvgIpc) is 2.91. The van der Waals surface area contributed by atoms with E-state index in [4.69, 9.17) is 51.8 Å². The number of methoxy groups -OCH3 is 1. The van der Waals surface area contributed by atoms with Crippen molar-refractivity contribution < 1.29 is 22.7 Å². The maximum Gasteiger partial charge on any atom is 0.268 e. The molecular weight excluding hydrogens is 621 g/mol. The van der Waals surface area contributed by atoms with Crippen molar-refractivity contribution in [2.45, 2.75) is 21.8 Å². The van der Waals surface area contributed by atoms with Crippen LogP contribution in [-0.2, 0) is 10.0 Å². The lowest BCUT2D eigenvalue weighted by Crippen LogP contribution is -2.56. The summed E-state index contributed by atoms with van der Waals surface area (Å²) in [6.07, 6.45) is -1.29. The molecule has 3 aromatic rings. The Balaban J connectivity index is 1.69. The number of hydrazine groups is 1. The van der Waals surface area contributed by atoms with Gasteiger partial charge in [-0.3, -0.25) is 15.0 Å². The first-order valence-electron chi connectivity index (χ1n) is 11.4. The third-order valence-electron chi connectivity index (χ3n) is 5.26. The number of rotatable bonds is 9. The van der Waals surface area contributed by atoms with E-state index < -0.39 is 31.8 Å². The van der Waals surface area contributed by atoms with Crippen molar-refractivity contribution in [2.24, 2.45) is 0 Å². The number of hydrogen-bond donors (Lipinski definition) is 5. The van der Waals surface area contributed by atoms with Crippen LogP contribution in [0.2, 0.25) is 0 Å². The molecule has 0 aliphatic heterocycles. The quantitative estimate of drug-likeness (QED) is 0.102. The van der Waals surface area contributed by atoms with Gasteiger partial charge in [0.05, 0.1) is 23.3 Å². The molecule has 0 aromatic heterocycles. The minimum Gasteiger partial charge on any atom is -0.497 e. The van der Waals surface area contributed by atoms with Crippen LogP contribution in [0.4, 0.5) is 5.69 Å². The zero-order valence-corrected chi connectivity index (χ0v) is 24.9. The Hall–Kier alpha value is -3.13. The molecule has 212 valence electrons. The summed E-state index contributed by atoms with van der Waals surface area (Å²) in [5, 5.41) is 7.94. The normalized spacial score (nSPS) is 12.1. The summed E-state index contributed by atoms with van der Waals surface area (Å²) in [5.74, 6) is -0.892. The van der Waals surface area contributed by atoms with Crippen molar-refractivity contribution >= 4 is 79.7 Å². The SMILES string of the molecule is COc1cccc(C(=O)NC(NC(=S)Nc2ccccc2C(=O)NNS(=O)(=O)c2ccc(C)cc2)C(Cl)(Cl)Cl)c1. The fourth-order valence-corrected chi connectivity index (χ4v) is 4.61. The lowest BCUT2D eigenvalue weighted by atomic mass is 10.1. The van der Waals surface area contributed by atoms with E-state index in [2.05, 4.69) is 26.2 Å². The number of sulfonamides is 1. The molecule has 1 unspecified atom stereocenters. The average molecular weight is 645 g/mol. The van der Waals surface area contributed by atoms with Crippen molar-refractivity contribution in [3.05, 3.63) is 89.5 Å². The van der Waals surface area contributed by atoms with E-state index >= 15 is 0 Å². The second-order valence-corrected chi connectivity index (χ2v) is 12.7. The highest BCUT2D eigenvalue weighted by molar-refractivity contribution is 7.89. The van der Waals surface area contributed by atoms with E-state index in [0.717, 1.165) is 5.56 Å². The van der Waals surface area contributed by atoms with Gasteiger partial charge in [-0.15, -0.1) is 4.83 Å². The predicted molar refractivity (Wildman–Crippen MR) is 159 cm³/mol. The number of aryl methyl sites for hydroxylation is 1. The van der Waals surface area contributed by atoms with Gasteiger partial charge in [0.25, 0.3) is 21.8 Å². The first-order valence-corrected chi connectivity index (χ1v) is 14.4. The van der Waals surface area contributed by atoms with Crippen LogP contribution >= 0.6 is 47.0 Å². The van der Waals surface area contributed by atoms with Gasteiger partial charge in [-0.25, -0.2) is 8.42 Å². The summed E-state index contributed by atoms with van der Waals surface area (Å²) in [6.45, 7) is 1.82. The Morgan fingerprint density at radius 3 is 2.25 bits per heavy atom. The summed E-state index contributed by atoms with van der Waals surface area (Å²) in [6, 6.07) is 18.6. The highest BCUT2D eigenvalue weighted by atomic mass is 35.6. The Morgan fingerprint density at radius 1 is 0.925 bits per heavy atom. The number of nitrogens with one attached hydrogen (secondary N) is 5. The predicted octanol–water partition coefficient (Wildman–Crippen LogP) is 4.04. The molecule has 0 heterocycles. The zero-order valence-electron chi connectivity index (χ0n) is 21.0. The maximum atomic E-state index is 12.8. The van der Waals surface area contributed by atoms with Gasteiger partial charge >= 0.3 is 0 Å². The molecule has 0 bridgehead atoms. The molecule has 10 nitrogen and oxygen atoms in total. The first kappa shape index (κ1) is 31.4. The van der Waals surface area contributed by atoms with Crippen LogP contribution in [0, 0.1) is 6.92 Å². The number of ether oxygens (including phenoxy) is 1. The van der Waals surface area contributed by atoms with Crippen LogP contribution in [0.5, 0.6) is 5.75 Å². The number of benzene rings is 3. The maximum absolute atomic E-state index is 12.8. The topological polar surface area (TPSA) is 138 Å². The summed E-state index contributed by atoms with van der Waals surface area (Å²) in [7, 11) is -2.56. The Kier molecular flexibility index (Phi) is 10.6. The minimum atomic E-state index is -4.02. The molecule has 1 atom stereocenters. The number of para-hydroxylation sites is 1. The molecule has 0 saturated carbocycles. The van der Waals surface area contributed by atoms with Crippen LogP contribution in [0.25, 0.3) is 0 Å². The fourth-order valence-electron chi connectivity index (χ4n) is 3.22. The third kappa shape index (κ3) is 8.68. The second-order valence-electron chi connectivity index (χ2n) is 8.20. The van der Waals surface area contributed by atoms with Gasteiger partial charge in [-0.2, -0.15) is 0 Å². The highest BCUT2D eigenvalue weighted by Crippen LogP contribution is 2.29. The molecule has 0 radical (unpaired) electrons. The van der Waals surface area contributed by atoms with Crippen LogP contribution < -0.4 is 30.9 Å². The molecule has 0 aliphatic rings. The molecule has 0 aliphatic carbocycles. The summed E-state index contributed by atoms with van der Waals surface area (Å²) >= 11 is 23.5. The molecule has 0 fully saturated rings. The van der Waals surface area contributed by atoms with Crippen LogP contribution in [0.3, 0.4) is 0 Å². The summed E-state index contributed by atoms with van der Waals surface area (Å²) in [5.41, 5.74) is 3.55. The van der Waals surface area contributed by atoms with Gasteiger partial charge < -0.3 is 20.7 Å². The molecule has 5 N–H and O–H groups in total. The molecule has 40 heavy (non-hydrogen) atoms. The number of halogens is 3. The van der Waals surface area contributed by atoms with Gasteiger partial charge in [-0.1, -0.05) is 70.7 Å². The van der Waals surface area contributed by atoms with Gasteiger partial charge in [0.1, 0.15) is 11.9 Å². The summed E-state index contributed by atoms with van der Waals surface area (Å²) < 4.78 is 28.2. The number of thiocarbonyl (C=S) groups is 1. The Bertz CT molecular complexity index is 1500. The fraction of sp³-hybridized carbons (Fsp3) is 0.160. The molecule has 2 amide bonds. The van der Waals surface area contributed by atoms with E-state index in [9.17, 15) is 18.0 Å². The second kappa shape index (κ2) is 13.5. The highest BCUT2D eigenvalue weighted by Gasteiger charge is 2.35. The third-order valence-corrected chi connectivity index (χ3v) is 7.40. The molecule has 0 saturated heterocycles. The number of alkyl halides is 3. The smallest absolute Gasteiger partial charge is 0.268 e. The zero-order chi connectivity index (χ0) is 29.5. The van der Waals surface area contributed by atoms with Crippen molar-refractivity contribution in [1.82, 2.24) is 20.9 Å².